The molecule has 0 radical (unpaired) electrons. The van der Waals surface area contributed by atoms with Crippen molar-refractivity contribution in [3.63, 3.8) is 0 Å². The molecule has 0 spiro atoms. The minimum Gasteiger partial charge on any atom is -0.493 e. The Morgan fingerprint density at radius 3 is 2.31 bits per heavy atom. The van der Waals surface area contributed by atoms with Crippen molar-refractivity contribution in [2.45, 2.75) is 11.8 Å². The van der Waals surface area contributed by atoms with E-state index in [2.05, 4.69) is 15.5 Å². The second-order valence-corrected chi connectivity index (χ2v) is 10.5. The molecule has 1 heterocycles. The summed E-state index contributed by atoms with van der Waals surface area (Å²) in [6.45, 7) is 1.50. The van der Waals surface area contributed by atoms with E-state index in [1.54, 1.807) is 30.3 Å². The van der Waals surface area contributed by atoms with Crippen molar-refractivity contribution in [1.82, 2.24) is 10.2 Å². The van der Waals surface area contributed by atoms with Gasteiger partial charge in [-0.15, -0.1) is 10.2 Å². The molecule has 0 aliphatic carbocycles. The molecule has 11 heteroatoms. The van der Waals surface area contributed by atoms with Gasteiger partial charge in [0.05, 0.1) is 24.8 Å². The SMILES string of the molecule is COc1ccc(N(CC(=O)Nc2nnc(-c3ccc(C)cc3)s2)S(=O)(=O)c2ccccc2)cc1OC. The van der Waals surface area contributed by atoms with Gasteiger partial charge in [0.15, 0.2) is 11.5 Å². The minimum atomic E-state index is -4.08. The van der Waals surface area contributed by atoms with Crippen molar-refractivity contribution in [3.05, 3.63) is 78.4 Å². The molecule has 0 fully saturated rings. The zero-order valence-corrected chi connectivity index (χ0v) is 21.5. The Bertz CT molecular complexity index is 1460. The number of anilines is 2. The molecule has 1 N–H and O–H groups in total. The Balaban J connectivity index is 1.62. The Kier molecular flexibility index (Phi) is 7.51. The van der Waals surface area contributed by atoms with E-state index in [9.17, 15) is 13.2 Å². The molecule has 4 rings (SSSR count). The molecule has 3 aromatic carbocycles. The topological polar surface area (TPSA) is 111 Å². The molecule has 1 amide bonds. The van der Waals surface area contributed by atoms with E-state index >= 15 is 0 Å². The summed E-state index contributed by atoms with van der Waals surface area (Å²) in [5.41, 5.74) is 2.23. The third-order valence-electron chi connectivity index (χ3n) is 5.24. The molecule has 4 aromatic rings. The number of aromatic nitrogens is 2. The second-order valence-electron chi connectivity index (χ2n) is 7.69. The lowest BCUT2D eigenvalue weighted by Gasteiger charge is -2.24. The molecule has 0 unspecified atom stereocenters. The van der Waals surface area contributed by atoms with E-state index in [4.69, 9.17) is 9.47 Å². The Morgan fingerprint density at radius 2 is 1.64 bits per heavy atom. The fourth-order valence-electron chi connectivity index (χ4n) is 3.39. The largest absolute Gasteiger partial charge is 0.493 e. The van der Waals surface area contributed by atoms with Gasteiger partial charge in [-0.25, -0.2) is 8.42 Å². The van der Waals surface area contributed by atoms with E-state index in [0.717, 1.165) is 15.4 Å². The number of nitrogens with one attached hydrogen (secondary N) is 1. The number of ether oxygens (including phenoxy) is 2. The third-order valence-corrected chi connectivity index (χ3v) is 7.92. The van der Waals surface area contributed by atoms with Crippen LogP contribution in [0.5, 0.6) is 11.5 Å². The van der Waals surface area contributed by atoms with Gasteiger partial charge in [-0.1, -0.05) is 59.4 Å². The summed E-state index contributed by atoms with van der Waals surface area (Å²) in [5, 5.41) is 11.7. The highest BCUT2D eigenvalue weighted by atomic mass is 32.2. The van der Waals surface area contributed by atoms with Crippen LogP contribution in [0.3, 0.4) is 0 Å². The monoisotopic (exact) mass is 524 g/mol. The minimum absolute atomic E-state index is 0.0464. The van der Waals surface area contributed by atoms with Gasteiger partial charge in [0, 0.05) is 11.6 Å². The zero-order chi connectivity index (χ0) is 25.7. The van der Waals surface area contributed by atoms with Crippen molar-refractivity contribution >= 4 is 38.1 Å². The number of aryl methyl sites for hydroxylation is 1. The number of hydrogen-bond acceptors (Lipinski definition) is 8. The van der Waals surface area contributed by atoms with Crippen LogP contribution in [0.15, 0.2) is 77.7 Å². The normalized spacial score (nSPS) is 11.1. The highest BCUT2D eigenvalue weighted by Gasteiger charge is 2.28. The average molecular weight is 525 g/mol. The maximum absolute atomic E-state index is 13.5. The first-order valence-electron chi connectivity index (χ1n) is 10.8. The fraction of sp³-hybridized carbons (Fsp3) is 0.160. The number of carbonyl (C=O) groups excluding carboxylic acids is 1. The molecule has 0 saturated carbocycles. The van der Waals surface area contributed by atoms with Gasteiger partial charge in [-0.05, 0) is 31.2 Å². The third kappa shape index (κ3) is 5.47. The number of amides is 1. The fourth-order valence-corrected chi connectivity index (χ4v) is 5.59. The standard InChI is InChI=1S/C25H24N4O5S2/c1-17-9-11-18(12-10-17)24-27-28-25(35-24)26-23(30)16-29(36(31,32)20-7-5-4-6-8-20)19-13-14-21(33-2)22(15-19)34-3/h4-15H,16H2,1-3H3,(H,26,28,30). The molecule has 0 atom stereocenters. The first kappa shape index (κ1) is 25.1. The number of hydrogen-bond donors (Lipinski definition) is 1. The van der Waals surface area contributed by atoms with E-state index < -0.39 is 22.5 Å². The van der Waals surface area contributed by atoms with E-state index in [1.165, 1.54) is 43.8 Å². The summed E-state index contributed by atoms with van der Waals surface area (Å²) in [5.74, 6) is 0.187. The summed E-state index contributed by atoms with van der Waals surface area (Å²) in [7, 11) is -1.15. The van der Waals surface area contributed by atoms with Crippen molar-refractivity contribution in [1.29, 1.82) is 0 Å². The van der Waals surface area contributed by atoms with E-state index in [-0.39, 0.29) is 15.7 Å². The smallest absolute Gasteiger partial charge is 0.264 e. The van der Waals surface area contributed by atoms with Crippen molar-refractivity contribution in [2.75, 3.05) is 30.4 Å². The van der Waals surface area contributed by atoms with Crippen LogP contribution in [0.1, 0.15) is 5.56 Å². The van der Waals surface area contributed by atoms with Gasteiger partial charge >= 0.3 is 0 Å². The highest BCUT2D eigenvalue weighted by Crippen LogP contribution is 2.34. The predicted molar refractivity (Wildman–Crippen MR) is 139 cm³/mol. The van der Waals surface area contributed by atoms with Crippen LogP contribution in [0.2, 0.25) is 0 Å². The number of carbonyl (C=O) groups is 1. The molecular formula is C25H24N4O5S2. The van der Waals surface area contributed by atoms with E-state index in [1.807, 2.05) is 31.2 Å². The van der Waals surface area contributed by atoms with Gasteiger partial charge in [0.2, 0.25) is 11.0 Å². The maximum atomic E-state index is 13.5. The molecule has 0 aliphatic heterocycles. The lowest BCUT2D eigenvalue weighted by atomic mass is 10.2. The number of sulfonamides is 1. The highest BCUT2D eigenvalue weighted by molar-refractivity contribution is 7.92. The number of nitrogens with zero attached hydrogens (tertiary/aromatic N) is 3. The summed E-state index contributed by atoms with van der Waals surface area (Å²) in [4.78, 5) is 13.1. The Labute approximate surface area is 213 Å². The molecular weight excluding hydrogens is 500 g/mol. The quantitative estimate of drug-likeness (QED) is 0.346. The molecule has 0 aliphatic rings. The Hall–Kier alpha value is -3.96. The van der Waals surface area contributed by atoms with Gasteiger partial charge in [0.1, 0.15) is 11.6 Å². The van der Waals surface area contributed by atoms with Gasteiger partial charge in [-0.3, -0.25) is 14.4 Å². The average Bonchev–Trinajstić information content (AvgIpc) is 3.36. The summed E-state index contributed by atoms with van der Waals surface area (Å²) in [6.07, 6.45) is 0. The lowest BCUT2D eigenvalue weighted by Crippen LogP contribution is -2.38. The van der Waals surface area contributed by atoms with E-state index in [0.29, 0.717) is 16.5 Å². The lowest BCUT2D eigenvalue weighted by molar-refractivity contribution is -0.114. The molecule has 0 bridgehead atoms. The van der Waals surface area contributed by atoms with Crippen LogP contribution in [0.25, 0.3) is 10.6 Å². The van der Waals surface area contributed by atoms with Crippen LogP contribution in [-0.4, -0.2) is 45.3 Å². The van der Waals surface area contributed by atoms with Crippen molar-refractivity contribution in [2.24, 2.45) is 0 Å². The van der Waals surface area contributed by atoms with Crippen LogP contribution in [0, 0.1) is 6.92 Å². The Morgan fingerprint density at radius 1 is 0.944 bits per heavy atom. The van der Waals surface area contributed by atoms with Crippen LogP contribution in [0.4, 0.5) is 10.8 Å². The first-order chi connectivity index (χ1) is 17.3. The van der Waals surface area contributed by atoms with Gasteiger partial charge < -0.3 is 9.47 Å². The van der Waals surface area contributed by atoms with Gasteiger partial charge in [0.25, 0.3) is 10.0 Å². The van der Waals surface area contributed by atoms with Crippen molar-refractivity contribution in [3.8, 4) is 22.1 Å². The maximum Gasteiger partial charge on any atom is 0.264 e. The predicted octanol–water partition coefficient (Wildman–Crippen LogP) is 4.36. The van der Waals surface area contributed by atoms with Crippen LogP contribution in [-0.2, 0) is 14.8 Å². The van der Waals surface area contributed by atoms with Gasteiger partial charge in [-0.2, -0.15) is 0 Å². The zero-order valence-electron chi connectivity index (χ0n) is 19.8. The van der Waals surface area contributed by atoms with Crippen LogP contribution < -0.4 is 19.1 Å². The molecule has 9 nitrogen and oxygen atoms in total. The molecule has 1 aromatic heterocycles. The molecule has 186 valence electrons. The summed E-state index contributed by atoms with van der Waals surface area (Å²) < 4.78 is 38.7. The molecule has 36 heavy (non-hydrogen) atoms. The first-order valence-corrected chi connectivity index (χ1v) is 13.1. The second kappa shape index (κ2) is 10.8. The summed E-state index contributed by atoms with van der Waals surface area (Å²) in [6, 6.07) is 20.3. The van der Waals surface area contributed by atoms with Crippen molar-refractivity contribution < 1.29 is 22.7 Å². The van der Waals surface area contributed by atoms with Crippen LogP contribution >= 0.6 is 11.3 Å². The number of benzene rings is 3. The molecule has 0 saturated heterocycles. The summed E-state index contributed by atoms with van der Waals surface area (Å²) >= 11 is 1.20. The number of methoxy groups -OCH3 is 2. The number of rotatable bonds is 9.